The van der Waals surface area contributed by atoms with E-state index in [9.17, 15) is 14.4 Å². The van der Waals surface area contributed by atoms with Crippen LogP contribution in [0.1, 0.15) is 47.5 Å². The first kappa shape index (κ1) is 19.2. The summed E-state index contributed by atoms with van der Waals surface area (Å²) in [6, 6.07) is -1.48. The molecule has 0 spiro atoms. The topological polar surface area (TPSA) is 108 Å². The first-order valence-corrected chi connectivity index (χ1v) is 7.14. The molecule has 0 saturated carbocycles. The maximum Gasteiger partial charge on any atom is 0.326 e. The van der Waals surface area contributed by atoms with Gasteiger partial charge in [0.15, 0.2) is 0 Å². The van der Waals surface area contributed by atoms with E-state index in [4.69, 9.17) is 5.11 Å². The summed E-state index contributed by atoms with van der Waals surface area (Å²) in [7, 11) is 0. The molecule has 3 amide bonds. The van der Waals surface area contributed by atoms with Crippen molar-refractivity contribution in [2.75, 3.05) is 6.54 Å². The quantitative estimate of drug-likeness (QED) is 0.564. The number of urea groups is 1. The number of hydrogen-bond donors (Lipinski definition) is 4. The molecule has 4 N–H and O–H groups in total. The summed E-state index contributed by atoms with van der Waals surface area (Å²) in [5, 5.41) is 16.8. The molecule has 7 nitrogen and oxygen atoms in total. The molecule has 2 atom stereocenters. The van der Waals surface area contributed by atoms with Crippen LogP contribution < -0.4 is 16.0 Å². The van der Waals surface area contributed by atoms with Crippen molar-refractivity contribution in [1.29, 1.82) is 0 Å². The molecular formula is C14H27N3O4. The lowest BCUT2D eigenvalue weighted by Crippen LogP contribution is -2.52. The third kappa shape index (κ3) is 8.16. The van der Waals surface area contributed by atoms with Crippen LogP contribution in [-0.4, -0.2) is 41.6 Å². The van der Waals surface area contributed by atoms with E-state index < -0.39 is 23.5 Å². The van der Waals surface area contributed by atoms with Gasteiger partial charge in [0.1, 0.15) is 6.04 Å². The van der Waals surface area contributed by atoms with Gasteiger partial charge in [0, 0.05) is 19.0 Å². The minimum Gasteiger partial charge on any atom is -0.480 e. The van der Waals surface area contributed by atoms with Crippen LogP contribution >= 0.6 is 0 Å². The van der Waals surface area contributed by atoms with Gasteiger partial charge in [-0.1, -0.05) is 27.7 Å². The zero-order valence-corrected chi connectivity index (χ0v) is 13.4. The Morgan fingerprint density at radius 2 is 1.71 bits per heavy atom. The molecule has 0 aliphatic rings. The van der Waals surface area contributed by atoms with E-state index in [1.807, 2.05) is 13.8 Å². The van der Waals surface area contributed by atoms with Crippen LogP contribution in [0.25, 0.3) is 0 Å². The second-order valence-electron chi connectivity index (χ2n) is 6.16. The van der Waals surface area contributed by atoms with E-state index in [0.29, 0.717) is 0 Å². The minimum absolute atomic E-state index is 0.101. The summed E-state index contributed by atoms with van der Waals surface area (Å²) >= 11 is 0. The smallest absolute Gasteiger partial charge is 0.326 e. The molecule has 0 aliphatic carbocycles. The van der Waals surface area contributed by atoms with Crippen LogP contribution in [0.2, 0.25) is 0 Å². The molecule has 1 unspecified atom stereocenters. The molecule has 0 aromatic carbocycles. The van der Waals surface area contributed by atoms with Gasteiger partial charge in [-0.15, -0.1) is 0 Å². The first-order chi connectivity index (χ1) is 9.57. The van der Waals surface area contributed by atoms with E-state index in [1.54, 1.807) is 20.8 Å². The Morgan fingerprint density at radius 3 is 2.14 bits per heavy atom. The van der Waals surface area contributed by atoms with Crippen LogP contribution in [0.5, 0.6) is 0 Å². The molecule has 0 saturated heterocycles. The average molecular weight is 301 g/mol. The van der Waals surface area contributed by atoms with Crippen molar-refractivity contribution >= 4 is 17.9 Å². The molecule has 0 rings (SSSR count). The van der Waals surface area contributed by atoms with Crippen LogP contribution in [0.4, 0.5) is 4.79 Å². The summed E-state index contributed by atoms with van der Waals surface area (Å²) in [6.07, 6.45) is 0.997. The van der Waals surface area contributed by atoms with E-state index in [1.165, 1.54) is 0 Å². The van der Waals surface area contributed by atoms with Crippen molar-refractivity contribution in [3.8, 4) is 0 Å². The number of aliphatic carboxylic acids is 1. The molecule has 0 aromatic rings. The Hall–Kier alpha value is -1.79. The van der Waals surface area contributed by atoms with Crippen LogP contribution in [0.15, 0.2) is 0 Å². The standard InChI is InChI=1S/C14H27N3O4/c1-6-9(2)16-10(18)7-8-15-13(21)17-11(12(19)20)14(3,4)5/h9,11H,6-8H2,1-5H3,(H,16,18)(H,19,20)(H2,15,17,21)/t9?,11-/m1/s1. The highest BCUT2D eigenvalue weighted by molar-refractivity contribution is 5.83. The Kier molecular flexibility index (Phi) is 7.76. The number of hydrogen-bond acceptors (Lipinski definition) is 3. The fourth-order valence-corrected chi connectivity index (χ4v) is 1.57. The van der Waals surface area contributed by atoms with Gasteiger partial charge in [0.05, 0.1) is 0 Å². The number of carbonyl (C=O) groups excluding carboxylic acids is 2. The zero-order chi connectivity index (χ0) is 16.6. The molecule has 0 aliphatic heterocycles. The first-order valence-electron chi connectivity index (χ1n) is 7.14. The summed E-state index contributed by atoms with van der Waals surface area (Å²) in [5.41, 5.74) is -0.600. The molecular weight excluding hydrogens is 274 g/mol. The third-order valence-corrected chi connectivity index (χ3v) is 3.05. The predicted molar refractivity (Wildman–Crippen MR) is 79.9 cm³/mol. The largest absolute Gasteiger partial charge is 0.480 e. The molecule has 0 radical (unpaired) electrons. The van der Waals surface area contributed by atoms with Crippen molar-refractivity contribution in [2.24, 2.45) is 5.41 Å². The predicted octanol–water partition coefficient (Wildman–Crippen LogP) is 1.09. The third-order valence-electron chi connectivity index (χ3n) is 3.05. The summed E-state index contributed by atoms with van der Waals surface area (Å²) in [6.45, 7) is 9.21. The molecule has 7 heteroatoms. The highest BCUT2D eigenvalue weighted by atomic mass is 16.4. The lowest BCUT2D eigenvalue weighted by molar-refractivity contribution is -0.141. The number of carbonyl (C=O) groups is 3. The van der Waals surface area contributed by atoms with E-state index in [0.717, 1.165) is 6.42 Å². The maximum atomic E-state index is 11.6. The lowest BCUT2D eigenvalue weighted by Gasteiger charge is -2.27. The second kappa shape index (κ2) is 8.49. The van der Waals surface area contributed by atoms with Crippen molar-refractivity contribution in [2.45, 2.75) is 59.5 Å². The number of carboxylic acids is 1. The van der Waals surface area contributed by atoms with E-state index >= 15 is 0 Å². The monoisotopic (exact) mass is 301 g/mol. The van der Waals surface area contributed by atoms with Gasteiger partial charge < -0.3 is 21.1 Å². The number of carboxylic acid groups (broad SMARTS) is 1. The lowest BCUT2D eigenvalue weighted by atomic mass is 9.87. The Bertz CT molecular complexity index is 377. The number of nitrogens with one attached hydrogen (secondary N) is 3. The van der Waals surface area contributed by atoms with Crippen LogP contribution in [0, 0.1) is 5.41 Å². The Morgan fingerprint density at radius 1 is 1.14 bits per heavy atom. The van der Waals surface area contributed by atoms with Gasteiger partial charge in [-0.05, 0) is 18.8 Å². The fraction of sp³-hybridized carbons (Fsp3) is 0.786. The normalized spacial score (nSPS) is 14.0. The molecule has 0 fully saturated rings. The SMILES string of the molecule is CCC(C)NC(=O)CCNC(=O)N[C@H](C(=O)O)C(C)(C)C. The van der Waals surface area contributed by atoms with Crippen LogP contribution in [-0.2, 0) is 9.59 Å². The summed E-state index contributed by atoms with van der Waals surface area (Å²) in [4.78, 5) is 34.3. The fourth-order valence-electron chi connectivity index (χ4n) is 1.57. The van der Waals surface area contributed by atoms with Gasteiger partial charge in [-0.25, -0.2) is 9.59 Å². The van der Waals surface area contributed by atoms with Gasteiger partial charge >= 0.3 is 12.0 Å². The Labute approximate surface area is 125 Å². The molecule has 0 bridgehead atoms. The highest BCUT2D eigenvalue weighted by Crippen LogP contribution is 2.19. The van der Waals surface area contributed by atoms with Crippen molar-refractivity contribution in [3.05, 3.63) is 0 Å². The van der Waals surface area contributed by atoms with Gasteiger partial charge in [-0.3, -0.25) is 4.79 Å². The zero-order valence-electron chi connectivity index (χ0n) is 13.4. The average Bonchev–Trinajstić information content (AvgIpc) is 2.33. The van der Waals surface area contributed by atoms with Gasteiger partial charge in [0.2, 0.25) is 5.91 Å². The maximum absolute atomic E-state index is 11.6. The second-order valence-corrected chi connectivity index (χ2v) is 6.16. The number of amides is 3. The van der Waals surface area contributed by atoms with Crippen molar-refractivity contribution in [3.63, 3.8) is 0 Å². The molecule has 0 aromatic heterocycles. The van der Waals surface area contributed by atoms with Gasteiger partial charge in [-0.2, -0.15) is 0 Å². The van der Waals surface area contributed by atoms with E-state index in [-0.39, 0.29) is 24.9 Å². The minimum atomic E-state index is -1.09. The van der Waals surface area contributed by atoms with Crippen molar-refractivity contribution in [1.82, 2.24) is 16.0 Å². The molecule has 0 heterocycles. The molecule has 122 valence electrons. The Balaban J connectivity index is 4.16. The summed E-state index contributed by atoms with van der Waals surface area (Å²) in [5.74, 6) is -1.23. The van der Waals surface area contributed by atoms with E-state index in [2.05, 4.69) is 16.0 Å². The number of rotatable bonds is 7. The van der Waals surface area contributed by atoms with Gasteiger partial charge in [0.25, 0.3) is 0 Å². The van der Waals surface area contributed by atoms with Crippen molar-refractivity contribution < 1.29 is 19.5 Å². The highest BCUT2D eigenvalue weighted by Gasteiger charge is 2.32. The summed E-state index contributed by atoms with van der Waals surface area (Å²) < 4.78 is 0. The molecule has 21 heavy (non-hydrogen) atoms. The van der Waals surface area contributed by atoms with Crippen LogP contribution in [0.3, 0.4) is 0 Å².